The zero-order valence-corrected chi connectivity index (χ0v) is 9.52. The van der Waals surface area contributed by atoms with Crippen molar-refractivity contribution in [3.05, 3.63) is 23.0 Å². The number of carbonyl (C=O) groups is 2. The molecule has 2 rings (SSSR count). The Balaban J connectivity index is 2.02. The van der Waals surface area contributed by atoms with Gasteiger partial charge in [0, 0.05) is 25.0 Å². The average molecular weight is 256 g/mol. The van der Waals surface area contributed by atoms with E-state index in [1.165, 1.54) is 11.1 Å². The largest absolute Gasteiger partial charge is 0.465 e. The minimum atomic E-state index is -0.938. The standard InChI is InChI=1S/C10H10ClN3O3/c11-9-1-8(6(5-15)2-12-9)13-7-3-14(4-7)10(16)17/h1-2,5,7H,3-4H2,(H,12,13)(H,16,17). The Morgan fingerprint density at radius 2 is 2.35 bits per heavy atom. The van der Waals surface area contributed by atoms with Crippen LogP contribution in [0.4, 0.5) is 10.5 Å². The maximum absolute atomic E-state index is 10.8. The van der Waals surface area contributed by atoms with E-state index in [9.17, 15) is 9.59 Å². The van der Waals surface area contributed by atoms with Crippen molar-refractivity contribution < 1.29 is 14.7 Å². The van der Waals surface area contributed by atoms with Crippen LogP contribution in [0.3, 0.4) is 0 Å². The van der Waals surface area contributed by atoms with Crippen molar-refractivity contribution in [2.45, 2.75) is 6.04 Å². The minimum Gasteiger partial charge on any atom is -0.465 e. The molecule has 0 aliphatic carbocycles. The van der Waals surface area contributed by atoms with Gasteiger partial charge in [0.2, 0.25) is 0 Å². The molecule has 1 aliphatic heterocycles. The summed E-state index contributed by atoms with van der Waals surface area (Å²) in [7, 11) is 0. The number of aromatic nitrogens is 1. The number of hydrogen-bond acceptors (Lipinski definition) is 4. The van der Waals surface area contributed by atoms with Crippen LogP contribution in [0.15, 0.2) is 12.3 Å². The summed E-state index contributed by atoms with van der Waals surface area (Å²) in [6.07, 6.45) is 1.12. The highest BCUT2D eigenvalue weighted by Gasteiger charge is 2.30. The van der Waals surface area contributed by atoms with Crippen molar-refractivity contribution in [3.8, 4) is 0 Å². The molecule has 7 heteroatoms. The predicted molar refractivity (Wildman–Crippen MR) is 61.6 cm³/mol. The lowest BCUT2D eigenvalue weighted by molar-refractivity contribution is 0.110. The summed E-state index contributed by atoms with van der Waals surface area (Å²) in [5.41, 5.74) is 0.984. The fraction of sp³-hybridized carbons (Fsp3) is 0.300. The van der Waals surface area contributed by atoms with E-state index >= 15 is 0 Å². The van der Waals surface area contributed by atoms with Crippen LogP contribution in [0.2, 0.25) is 5.15 Å². The molecule has 2 heterocycles. The summed E-state index contributed by atoms with van der Waals surface area (Å²) in [5, 5.41) is 12.0. The molecule has 1 aliphatic rings. The van der Waals surface area contributed by atoms with Crippen LogP contribution >= 0.6 is 11.6 Å². The molecule has 1 fully saturated rings. The first-order valence-electron chi connectivity index (χ1n) is 4.95. The van der Waals surface area contributed by atoms with E-state index < -0.39 is 6.09 Å². The second-order valence-electron chi connectivity index (χ2n) is 3.74. The van der Waals surface area contributed by atoms with Crippen LogP contribution in [0.5, 0.6) is 0 Å². The number of amides is 1. The Morgan fingerprint density at radius 1 is 1.65 bits per heavy atom. The molecule has 1 aromatic rings. The van der Waals surface area contributed by atoms with E-state index in [1.807, 2.05) is 0 Å². The SMILES string of the molecule is O=Cc1cnc(Cl)cc1NC1CN(C(=O)O)C1. The van der Waals surface area contributed by atoms with Crippen LogP contribution in [0.1, 0.15) is 10.4 Å². The Morgan fingerprint density at radius 3 is 2.94 bits per heavy atom. The number of carboxylic acid groups (broad SMARTS) is 1. The van der Waals surface area contributed by atoms with E-state index in [1.54, 1.807) is 6.07 Å². The lowest BCUT2D eigenvalue weighted by Gasteiger charge is -2.38. The molecule has 0 spiro atoms. The van der Waals surface area contributed by atoms with E-state index in [4.69, 9.17) is 16.7 Å². The molecule has 0 bridgehead atoms. The van der Waals surface area contributed by atoms with Crippen LogP contribution in [-0.4, -0.2) is 46.5 Å². The summed E-state index contributed by atoms with van der Waals surface area (Å²) in [6, 6.07) is 1.55. The van der Waals surface area contributed by atoms with Gasteiger partial charge in [-0.2, -0.15) is 0 Å². The lowest BCUT2D eigenvalue weighted by atomic mass is 10.1. The third-order valence-electron chi connectivity index (χ3n) is 2.54. The molecule has 0 aromatic carbocycles. The van der Waals surface area contributed by atoms with Crippen LogP contribution in [-0.2, 0) is 0 Å². The number of hydrogen-bond donors (Lipinski definition) is 2. The van der Waals surface area contributed by atoms with Crippen molar-refractivity contribution in [3.63, 3.8) is 0 Å². The van der Waals surface area contributed by atoms with E-state index in [-0.39, 0.29) is 11.2 Å². The van der Waals surface area contributed by atoms with Crippen LogP contribution in [0, 0.1) is 0 Å². The molecule has 2 N–H and O–H groups in total. The van der Waals surface area contributed by atoms with Crippen molar-refractivity contribution in [1.29, 1.82) is 0 Å². The maximum Gasteiger partial charge on any atom is 0.407 e. The molecule has 1 saturated heterocycles. The van der Waals surface area contributed by atoms with Crippen molar-refractivity contribution in [2.24, 2.45) is 0 Å². The van der Waals surface area contributed by atoms with Gasteiger partial charge in [-0.25, -0.2) is 9.78 Å². The number of nitrogens with one attached hydrogen (secondary N) is 1. The fourth-order valence-electron chi connectivity index (χ4n) is 1.61. The molecule has 1 amide bonds. The number of rotatable bonds is 3. The van der Waals surface area contributed by atoms with Gasteiger partial charge in [0.05, 0.1) is 11.6 Å². The van der Waals surface area contributed by atoms with Gasteiger partial charge < -0.3 is 15.3 Å². The summed E-state index contributed by atoms with van der Waals surface area (Å²) in [6.45, 7) is 0.793. The zero-order valence-electron chi connectivity index (χ0n) is 8.76. The van der Waals surface area contributed by atoms with Gasteiger partial charge >= 0.3 is 6.09 Å². The Bertz CT molecular complexity index is 460. The molecule has 17 heavy (non-hydrogen) atoms. The first-order valence-corrected chi connectivity index (χ1v) is 5.33. The second kappa shape index (κ2) is 4.58. The molecular formula is C10H10ClN3O3. The van der Waals surface area contributed by atoms with Crippen molar-refractivity contribution in [1.82, 2.24) is 9.88 Å². The number of nitrogens with zero attached hydrogens (tertiary/aromatic N) is 2. The zero-order chi connectivity index (χ0) is 12.4. The smallest absolute Gasteiger partial charge is 0.407 e. The summed E-state index contributed by atoms with van der Waals surface area (Å²) in [4.78, 5) is 26.4. The highest BCUT2D eigenvalue weighted by molar-refractivity contribution is 6.29. The fourth-order valence-corrected chi connectivity index (χ4v) is 1.76. The Labute approximate surface area is 102 Å². The van der Waals surface area contributed by atoms with Gasteiger partial charge in [-0.05, 0) is 6.07 Å². The van der Waals surface area contributed by atoms with Gasteiger partial charge in [0.25, 0.3) is 0 Å². The third-order valence-corrected chi connectivity index (χ3v) is 2.75. The Hall–Kier alpha value is -1.82. The lowest BCUT2D eigenvalue weighted by Crippen LogP contribution is -2.56. The Kier molecular flexibility index (Phi) is 3.14. The van der Waals surface area contributed by atoms with Gasteiger partial charge in [-0.3, -0.25) is 4.79 Å². The number of anilines is 1. The van der Waals surface area contributed by atoms with E-state index in [0.29, 0.717) is 30.6 Å². The van der Waals surface area contributed by atoms with E-state index in [2.05, 4.69) is 10.3 Å². The highest BCUT2D eigenvalue weighted by Crippen LogP contribution is 2.20. The predicted octanol–water partition coefficient (Wildman–Crippen LogP) is 1.32. The number of halogens is 1. The third kappa shape index (κ3) is 2.47. The number of likely N-dealkylation sites (tertiary alicyclic amines) is 1. The van der Waals surface area contributed by atoms with Crippen molar-refractivity contribution >= 4 is 29.7 Å². The first-order chi connectivity index (χ1) is 8.10. The number of pyridine rings is 1. The normalized spacial score (nSPS) is 15.2. The molecule has 0 atom stereocenters. The maximum atomic E-state index is 10.8. The van der Waals surface area contributed by atoms with Gasteiger partial charge in [-0.1, -0.05) is 11.6 Å². The quantitative estimate of drug-likeness (QED) is 0.629. The van der Waals surface area contributed by atoms with Gasteiger partial charge in [-0.15, -0.1) is 0 Å². The molecule has 6 nitrogen and oxygen atoms in total. The van der Waals surface area contributed by atoms with E-state index in [0.717, 1.165) is 0 Å². The van der Waals surface area contributed by atoms with Crippen LogP contribution < -0.4 is 5.32 Å². The topological polar surface area (TPSA) is 82.5 Å². The van der Waals surface area contributed by atoms with Crippen molar-refractivity contribution in [2.75, 3.05) is 18.4 Å². The summed E-state index contributed by atoms with van der Waals surface area (Å²) < 4.78 is 0. The van der Waals surface area contributed by atoms with Gasteiger partial charge in [0.1, 0.15) is 5.15 Å². The monoisotopic (exact) mass is 255 g/mol. The average Bonchev–Trinajstić information content (AvgIpc) is 2.22. The van der Waals surface area contributed by atoms with Crippen LogP contribution in [0.25, 0.3) is 0 Å². The van der Waals surface area contributed by atoms with Gasteiger partial charge in [0.15, 0.2) is 6.29 Å². The minimum absolute atomic E-state index is 0.00302. The molecule has 0 radical (unpaired) electrons. The molecule has 1 aromatic heterocycles. The second-order valence-corrected chi connectivity index (χ2v) is 4.13. The molecule has 90 valence electrons. The molecule has 0 unspecified atom stereocenters. The number of aldehydes is 1. The first kappa shape index (κ1) is 11.7. The highest BCUT2D eigenvalue weighted by atomic mass is 35.5. The molecular weight excluding hydrogens is 246 g/mol. The number of carbonyl (C=O) groups excluding carboxylic acids is 1. The summed E-state index contributed by atoms with van der Waals surface area (Å²) in [5.74, 6) is 0. The summed E-state index contributed by atoms with van der Waals surface area (Å²) >= 11 is 5.73. The molecule has 0 saturated carbocycles.